The lowest BCUT2D eigenvalue weighted by Gasteiger charge is -2.20. The smallest absolute Gasteiger partial charge is 0.319 e. The summed E-state index contributed by atoms with van der Waals surface area (Å²) in [7, 11) is 0. The van der Waals surface area contributed by atoms with Gasteiger partial charge in [-0.25, -0.2) is 4.79 Å². The molecule has 0 spiro atoms. The molecular formula is C19H23ClN2O2. The second kappa shape index (κ2) is 8.71. The Morgan fingerprint density at radius 2 is 1.88 bits per heavy atom. The Morgan fingerprint density at radius 1 is 1.17 bits per heavy atom. The van der Waals surface area contributed by atoms with Crippen LogP contribution in [0.15, 0.2) is 48.5 Å². The summed E-state index contributed by atoms with van der Waals surface area (Å²) in [6.45, 7) is 4.08. The summed E-state index contributed by atoms with van der Waals surface area (Å²) < 4.78 is 0. The van der Waals surface area contributed by atoms with Gasteiger partial charge in [-0.05, 0) is 37.5 Å². The molecule has 0 radical (unpaired) electrons. The van der Waals surface area contributed by atoms with Crippen molar-refractivity contribution in [2.45, 2.75) is 32.3 Å². The second-order valence-electron chi connectivity index (χ2n) is 5.96. The average Bonchev–Trinajstić information content (AvgIpc) is 2.56. The van der Waals surface area contributed by atoms with Crippen LogP contribution in [0.3, 0.4) is 0 Å². The number of amides is 2. The molecular weight excluding hydrogens is 324 g/mol. The molecule has 0 saturated heterocycles. The minimum Gasteiger partial charge on any atom is -0.393 e. The van der Waals surface area contributed by atoms with Gasteiger partial charge in [-0.15, -0.1) is 0 Å². The molecule has 0 heterocycles. The van der Waals surface area contributed by atoms with Crippen LogP contribution in [0.2, 0.25) is 5.02 Å². The van der Waals surface area contributed by atoms with Gasteiger partial charge in [-0.3, -0.25) is 0 Å². The van der Waals surface area contributed by atoms with E-state index >= 15 is 0 Å². The molecule has 0 fully saturated rings. The van der Waals surface area contributed by atoms with Crippen LogP contribution in [-0.2, 0) is 0 Å². The van der Waals surface area contributed by atoms with E-state index < -0.39 is 6.10 Å². The largest absolute Gasteiger partial charge is 0.393 e. The van der Waals surface area contributed by atoms with Crippen LogP contribution in [-0.4, -0.2) is 23.8 Å². The van der Waals surface area contributed by atoms with Gasteiger partial charge in [0.05, 0.1) is 16.8 Å². The molecule has 4 nitrogen and oxygen atoms in total. The molecule has 2 atom stereocenters. The quantitative estimate of drug-likeness (QED) is 0.729. The highest BCUT2D eigenvalue weighted by molar-refractivity contribution is 6.34. The average molecular weight is 347 g/mol. The van der Waals surface area contributed by atoms with Crippen molar-refractivity contribution in [2.75, 3.05) is 11.9 Å². The fourth-order valence-electron chi connectivity index (χ4n) is 2.60. The Labute approximate surface area is 147 Å². The summed E-state index contributed by atoms with van der Waals surface area (Å²) in [5.41, 5.74) is 2.58. The van der Waals surface area contributed by atoms with Crippen LogP contribution in [0.1, 0.15) is 30.4 Å². The van der Waals surface area contributed by atoms with Crippen molar-refractivity contribution in [2.24, 2.45) is 0 Å². The van der Waals surface area contributed by atoms with E-state index in [9.17, 15) is 9.90 Å². The summed E-state index contributed by atoms with van der Waals surface area (Å²) in [6, 6.07) is 15.1. The number of rotatable bonds is 6. The maximum absolute atomic E-state index is 12.2. The zero-order valence-electron chi connectivity index (χ0n) is 13.9. The highest BCUT2D eigenvalue weighted by Gasteiger charge is 2.16. The summed E-state index contributed by atoms with van der Waals surface area (Å²) in [5, 5.41) is 15.9. The lowest BCUT2D eigenvalue weighted by atomic mass is 9.93. The number of halogens is 1. The number of nitrogens with one attached hydrogen (secondary N) is 2. The minimum absolute atomic E-state index is 0.0462. The lowest BCUT2D eigenvalue weighted by Crippen LogP contribution is -2.33. The third-order valence-corrected chi connectivity index (χ3v) is 4.35. The molecule has 0 bridgehead atoms. The van der Waals surface area contributed by atoms with Crippen LogP contribution in [0.4, 0.5) is 10.5 Å². The first-order chi connectivity index (χ1) is 11.5. The molecule has 0 aliphatic rings. The molecule has 128 valence electrons. The molecule has 2 unspecified atom stereocenters. The number of aliphatic hydroxyl groups is 1. The number of carbonyl (C=O) groups excluding carboxylic acids is 1. The van der Waals surface area contributed by atoms with Crippen LogP contribution >= 0.6 is 11.6 Å². The molecule has 0 saturated carbocycles. The summed E-state index contributed by atoms with van der Waals surface area (Å²) in [6.07, 6.45) is 0.140. The number of aryl methyl sites for hydroxylation is 1. The first kappa shape index (κ1) is 18.3. The van der Waals surface area contributed by atoms with Crippen molar-refractivity contribution >= 4 is 23.3 Å². The molecule has 5 heteroatoms. The van der Waals surface area contributed by atoms with Crippen molar-refractivity contribution in [3.8, 4) is 0 Å². The van der Waals surface area contributed by atoms with Crippen LogP contribution in [0.25, 0.3) is 0 Å². The number of hydrogen-bond donors (Lipinski definition) is 3. The van der Waals surface area contributed by atoms with Gasteiger partial charge in [-0.2, -0.15) is 0 Å². The predicted octanol–water partition coefficient (Wildman–Crippen LogP) is 4.32. The number of anilines is 1. The van der Waals surface area contributed by atoms with E-state index in [0.29, 0.717) is 23.7 Å². The Kier molecular flexibility index (Phi) is 6.64. The molecule has 0 aliphatic carbocycles. The number of urea groups is 1. The molecule has 0 aromatic heterocycles. The van der Waals surface area contributed by atoms with Crippen molar-refractivity contribution in [1.29, 1.82) is 0 Å². The standard InChI is InChI=1S/C19H23ClN2O2/c1-13-7-6-10-17(18(13)20)22-19(24)21-12-16(11-14(2)23)15-8-4-3-5-9-15/h3-10,14,16,23H,11-12H2,1-2H3,(H2,21,22,24). The monoisotopic (exact) mass is 346 g/mol. The van der Waals surface area contributed by atoms with Gasteiger partial charge in [0.2, 0.25) is 0 Å². The zero-order valence-corrected chi connectivity index (χ0v) is 14.7. The molecule has 24 heavy (non-hydrogen) atoms. The number of carbonyl (C=O) groups is 1. The second-order valence-corrected chi connectivity index (χ2v) is 6.34. The number of benzene rings is 2. The van der Waals surface area contributed by atoms with E-state index in [0.717, 1.165) is 11.1 Å². The van der Waals surface area contributed by atoms with Gasteiger partial charge >= 0.3 is 6.03 Å². The normalized spacial score (nSPS) is 13.2. The van der Waals surface area contributed by atoms with Crippen molar-refractivity contribution in [3.05, 3.63) is 64.7 Å². The first-order valence-corrected chi connectivity index (χ1v) is 8.38. The molecule has 2 aromatic carbocycles. The topological polar surface area (TPSA) is 61.4 Å². The Bertz CT molecular complexity index is 674. The van der Waals surface area contributed by atoms with Gasteiger partial charge in [0, 0.05) is 12.5 Å². The summed E-state index contributed by atoms with van der Waals surface area (Å²) in [4.78, 5) is 12.2. The van der Waals surface area contributed by atoms with E-state index in [2.05, 4.69) is 10.6 Å². The van der Waals surface area contributed by atoms with E-state index in [1.807, 2.05) is 49.4 Å². The molecule has 2 rings (SSSR count). The van der Waals surface area contributed by atoms with Crippen molar-refractivity contribution in [1.82, 2.24) is 5.32 Å². The van der Waals surface area contributed by atoms with E-state index in [-0.39, 0.29) is 11.9 Å². The van der Waals surface area contributed by atoms with Crippen molar-refractivity contribution < 1.29 is 9.90 Å². The van der Waals surface area contributed by atoms with Crippen molar-refractivity contribution in [3.63, 3.8) is 0 Å². The van der Waals surface area contributed by atoms with Crippen LogP contribution in [0, 0.1) is 6.92 Å². The maximum Gasteiger partial charge on any atom is 0.319 e. The number of hydrogen-bond acceptors (Lipinski definition) is 2. The van der Waals surface area contributed by atoms with Crippen LogP contribution < -0.4 is 10.6 Å². The summed E-state index contributed by atoms with van der Waals surface area (Å²) >= 11 is 6.19. The minimum atomic E-state index is -0.439. The van der Waals surface area contributed by atoms with Gasteiger partial charge in [0.25, 0.3) is 0 Å². The van der Waals surface area contributed by atoms with Gasteiger partial charge < -0.3 is 15.7 Å². The fraction of sp³-hybridized carbons (Fsp3) is 0.316. The predicted molar refractivity (Wildman–Crippen MR) is 98.7 cm³/mol. The first-order valence-electron chi connectivity index (χ1n) is 8.00. The molecule has 0 aliphatic heterocycles. The Hall–Kier alpha value is -2.04. The van der Waals surface area contributed by atoms with E-state index in [4.69, 9.17) is 11.6 Å². The SMILES string of the molecule is Cc1cccc(NC(=O)NCC(CC(C)O)c2ccccc2)c1Cl. The maximum atomic E-state index is 12.2. The Balaban J connectivity index is 1.98. The zero-order chi connectivity index (χ0) is 17.5. The molecule has 3 N–H and O–H groups in total. The van der Waals surface area contributed by atoms with Gasteiger partial charge in [0.1, 0.15) is 0 Å². The third kappa shape index (κ3) is 5.25. The summed E-state index contributed by atoms with van der Waals surface area (Å²) in [5.74, 6) is 0.0462. The van der Waals surface area contributed by atoms with E-state index in [1.54, 1.807) is 13.0 Å². The van der Waals surface area contributed by atoms with E-state index in [1.165, 1.54) is 0 Å². The van der Waals surface area contributed by atoms with Gasteiger partial charge in [0.15, 0.2) is 0 Å². The highest BCUT2D eigenvalue weighted by atomic mass is 35.5. The molecule has 2 aromatic rings. The van der Waals surface area contributed by atoms with Crippen LogP contribution in [0.5, 0.6) is 0 Å². The third-order valence-electron chi connectivity index (χ3n) is 3.85. The lowest BCUT2D eigenvalue weighted by molar-refractivity contribution is 0.173. The Morgan fingerprint density at radius 3 is 2.54 bits per heavy atom. The number of aliphatic hydroxyl groups excluding tert-OH is 1. The fourth-order valence-corrected chi connectivity index (χ4v) is 2.77. The molecule has 2 amide bonds. The highest BCUT2D eigenvalue weighted by Crippen LogP contribution is 2.25. The van der Waals surface area contributed by atoms with Gasteiger partial charge in [-0.1, -0.05) is 54.1 Å².